The third kappa shape index (κ3) is 4.00. The lowest BCUT2D eigenvalue weighted by molar-refractivity contribution is -0.136. The van der Waals surface area contributed by atoms with E-state index in [1.807, 2.05) is 32.0 Å². The summed E-state index contributed by atoms with van der Waals surface area (Å²) >= 11 is 0. The molecule has 2 N–H and O–H groups in total. The molecule has 1 atom stereocenters. The van der Waals surface area contributed by atoms with Crippen molar-refractivity contribution in [1.29, 1.82) is 0 Å². The summed E-state index contributed by atoms with van der Waals surface area (Å²) in [6.45, 7) is 4.27. The summed E-state index contributed by atoms with van der Waals surface area (Å²) < 4.78 is 0. The number of amides is 2. The number of anilines is 2. The molecule has 1 saturated heterocycles. The predicted molar refractivity (Wildman–Crippen MR) is 103 cm³/mol. The van der Waals surface area contributed by atoms with Crippen LogP contribution in [-0.2, 0) is 20.8 Å². The summed E-state index contributed by atoms with van der Waals surface area (Å²) in [6, 6.07) is 12.6. The van der Waals surface area contributed by atoms with Gasteiger partial charge in [-0.3, -0.25) is 14.4 Å². The highest BCUT2D eigenvalue weighted by Gasteiger charge is 2.36. The van der Waals surface area contributed by atoms with Crippen molar-refractivity contribution in [2.75, 3.05) is 16.8 Å². The third-order valence-electron chi connectivity index (χ3n) is 4.98. The maximum atomic E-state index is 12.7. The van der Waals surface area contributed by atoms with Gasteiger partial charge in [-0.15, -0.1) is 0 Å². The van der Waals surface area contributed by atoms with Crippen molar-refractivity contribution in [1.82, 2.24) is 0 Å². The Labute approximate surface area is 157 Å². The summed E-state index contributed by atoms with van der Waals surface area (Å²) in [5, 5.41) is 11.8. The number of benzene rings is 2. The topological polar surface area (TPSA) is 86.7 Å². The minimum Gasteiger partial charge on any atom is -0.481 e. The van der Waals surface area contributed by atoms with Crippen molar-refractivity contribution in [3.8, 4) is 0 Å². The van der Waals surface area contributed by atoms with Gasteiger partial charge >= 0.3 is 5.97 Å². The number of carboxylic acids is 1. The molecule has 2 aromatic rings. The predicted octanol–water partition coefficient (Wildman–Crippen LogP) is 2.92. The summed E-state index contributed by atoms with van der Waals surface area (Å²) in [7, 11) is 0. The largest absolute Gasteiger partial charge is 0.481 e. The number of aryl methyl sites for hydroxylation is 1. The molecule has 3 rings (SSSR count). The molecule has 1 aliphatic heterocycles. The molecule has 0 aliphatic carbocycles. The monoisotopic (exact) mass is 366 g/mol. The van der Waals surface area contributed by atoms with Crippen molar-refractivity contribution in [2.45, 2.75) is 26.7 Å². The first-order chi connectivity index (χ1) is 12.9. The Hall–Kier alpha value is -3.15. The van der Waals surface area contributed by atoms with E-state index in [-0.39, 0.29) is 24.7 Å². The van der Waals surface area contributed by atoms with Crippen molar-refractivity contribution >= 4 is 29.2 Å². The maximum absolute atomic E-state index is 12.7. The fourth-order valence-electron chi connectivity index (χ4n) is 3.34. The Kier molecular flexibility index (Phi) is 5.26. The smallest absolute Gasteiger partial charge is 0.307 e. The molecule has 6 nitrogen and oxygen atoms in total. The minimum atomic E-state index is -0.964. The highest BCUT2D eigenvalue weighted by atomic mass is 16.4. The fraction of sp³-hybridized carbons (Fsp3) is 0.286. The number of para-hydroxylation sites is 1. The van der Waals surface area contributed by atoms with Gasteiger partial charge in [0, 0.05) is 24.3 Å². The molecule has 0 bridgehead atoms. The normalized spacial score (nSPS) is 16.4. The van der Waals surface area contributed by atoms with Crippen molar-refractivity contribution in [2.24, 2.45) is 5.92 Å². The lowest BCUT2D eigenvalue weighted by atomic mass is 10.1. The van der Waals surface area contributed by atoms with Crippen LogP contribution in [0.5, 0.6) is 0 Å². The molecule has 1 aliphatic rings. The lowest BCUT2D eigenvalue weighted by Crippen LogP contribution is -2.29. The Morgan fingerprint density at radius 1 is 1.15 bits per heavy atom. The van der Waals surface area contributed by atoms with Gasteiger partial charge in [0.1, 0.15) is 0 Å². The molecule has 140 valence electrons. The van der Waals surface area contributed by atoms with E-state index in [1.165, 1.54) is 0 Å². The molecule has 0 saturated carbocycles. The summed E-state index contributed by atoms with van der Waals surface area (Å²) in [5.74, 6) is -1.79. The fourth-order valence-corrected chi connectivity index (χ4v) is 3.34. The molecule has 27 heavy (non-hydrogen) atoms. The van der Waals surface area contributed by atoms with E-state index < -0.39 is 11.9 Å². The zero-order valence-electron chi connectivity index (χ0n) is 15.4. The van der Waals surface area contributed by atoms with Crippen LogP contribution in [0.2, 0.25) is 0 Å². The average molecular weight is 366 g/mol. The van der Waals surface area contributed by atoms with Gasteiger partial charge in [0.2, 0.25) is 11.8 Å². The van der Waals surface area contributed by atoms with E-state index in [1.54, 1.807) is 29.2 Å². The first-order valence-electron chi connectivity index (χ1n) is 8.84. The quantitative estimate of drug-likeness (QED) is 0.852. The van der Waals surface area contributed by atoms with Crippen LogP contribution in [-0.4, -0.2) is 29.4 Å². The standard InChI is InChI=1S/C21H22N2O4/c1-13-6-5-9-18(14(13)2)23-12-16(10-19(23)24)21(27)22-17-8-4-3-7-15(17)11-20(25)26/h3-9,16H,10-12H2,1-2H3,(H,22,27)(H,25,26). The van der Waals surface area contributed by atoms with E-state index in [2.05, 4.69) is 5.32 Å². The number of nitrogens with one attached hydrogen (secondary N) is 1. The van der Waals surface area contributed by atoms with E-state index in [9.17, 15) is 14.4 Å². The molecule has 1 heterocycles. The average Bonchev–Trinajstić information content (AvgIpc) is 3.00. The van der Waals surface area contributed by atoms with Crippen LogP contribution in [0.3, 0.4) is 0 Å². The van der Waals surface area contributed by atoms with E-state index >= 15 is 0 Å². The van der Waals surface area contributed by atoms with Crippen LogP contribution < -0.4 is 10.2 Å². The van der Waals surface area contributed by atoms with E-state index in [0.717, 1.165) is 16.8 Å². The van der Waals surface area contributed by atoms with Gasteiger partial charge in [-0.1, -0.05) is 30.3 Å². The van der Waals surface area contributed by atoms with E-state index in [0.29, 0.717) is 17.8 Å². The number of hydrogen-bond donors (Lipinski definition) is 2. The second-order valence-electron chi connectivity index (χ2n) is 6.84. The first-order valence-corrected chi connectivity index (χ1v) is 8.84. The van der Waals surface area contributed by atoms with Crippen LogP contribution >= 0.6 is 0 Å². The van der Waals surface area contributed by atoms with Gasteiger partial charge in [-0.05, 0) is 42.7 Å². The second-order valence-corrected chi connectivity index (χ2v) is 6.84. The molecule has 1 unspecified atom stereocenters. The van der Waals surface area contributed by atoms with Crippen molar-refractivity contribution < 1.29 is 19.5 Å². The molecule has 0 spiro atoms. The zero-order valence-corrected chi connectivity index (χ0v) is 15.4. The molecule has 0 radical (unpaired) electrons. The summed E-state index contributed by atoms with van der Waals surface area (Å²) in [4.78, 5) is 37.8. The molecular formula is C21H22N2O4. The molecular weight excluding hydrogens is 344 g/mol. The highest BCUT2D eigenvalue weighted by molar-refractivity contribution is 6.04. The van der Waals surface area contributed by atoms with Crippen LogP contribution in [0.4, 0.5) is 11.4 Å². The van der Waals surface area contributed by atoms with Gasteiger partial charge < -0.3 is 15.3 Å². The van der Waals surface area contributed by atoms with Crippen LogP contribution in [0.15, 0.2) is 42.5 Å². The minimum absolute atomic E-state index is 0.0809. The second kappa shape index (κ2) is 7.61. The van der Waals surface area contributed by atoms with Crippen LogP contribution in [0.1, 0.15) is 23.1 Å². The van der Waals surface area contributed by atoms with Gasteiger partial charge in [-0.2, -0.15) is 0 Å². The molecule has 6 heteroatoms. The van der Waals surface area contributed by atoms with Crippen molar-refractivity contribution in [3.63, 3.8) is 0 Å². The maximum Gasteiger partial charge on any atom is 0.307 e. The van der Waals surface area contributed by atoms with E-state index in [4.69, 9.17) is 5.11 Å². The Bertz CT molecular complexity index is 907. The zero-order chi connectivity index (χ0) is 19.6. The van der Waals surface area contributed by atoms with Crippen LogP contribution in [0, 0.1) is 19.8 Å². The SMILES string of the molecule is Cc1cccc(N2CC(C(=O)Nc3ccccc3CC(=O)O)CC2=O)c1C. The first kappa shape index (κ1) is 18.6. The number of carboxylic acid groups (broad SMARTS) is 1. The number of nitrogens with zero attached hydrogens (tertiary/aromatic N) is 1. The Morgan fingerprint density at radius 2 is 1.89 bits per heavy atom. The Morgan fingerprint density at radius 3 is 2.63 bits per heavy atom. The highest BCUT2D eigenvalue weighted by Crippen LogP contribution is 2.30. The molecule has 2 aromatic carbocycles. The number of hydrogen-bond acceptors (Lipinski definition) is 3. The third-order valence-corrected chi connectivity index (χ3v) is 4.98. The van der Waals surface area contributed by atoms with Gasteiger partial charge in [0.05, 0.1) is 12.3 Å². The van der Waals surface area contributed by atoms with Crippen LogP contribution in [0.25, 0.3) is 0 Å². The Balaban J connectivity index is 1.75. The van der Waals surface area contributed by atoms with Gasteiger partial charge in [-0.25, -0.2) is 0 Å². The molecule has 1 fully saturated rings. The lowest BCUT2D eigenvalue weighted by Gasteiger charge is -2.20. The molecule has 2 amide bonds. The van der Waals surface area contributed by atoms with Gasteiger partial charge in [0.25, 0.3) is 0 Å². The number of aliphatic carboxylic acids is 1. The summed E-state index contributed by atoms with van der Waals surface area (Å²) in [5.41, 5.74) is 3.97. The number of rotatable bonds is 5. The van der Waals surface area contributed by atoms with Crippen molar-refractivity contribution in [3.05, 3.63) is 59.2 Å². The number of carbonyl (C=O) groups is 3. The summed E-state index contributed by atoms with van der Waals surface area (Å²) in [6.07, 6.45) is -0.0328. The molecule has 0 aromatic heterocycles. The number of carbonyl (C=O) groups excluding carboxylic acids is 2. The van der Waals surface area contributed by atoms with Gasteiger partial charge in [0.15, 0.2) is 0 Å².